The second-order valence-corrected chi connectivity index (χ2v) is 7.86. The zero-order valence-corrected chi connectivity index (χ0v) is 17.3. The molecule has 0 unspecified atom stereocenters. The number of ketones is 1. The summed E-state index contributed by atoms with van der Waals surface area (Å²) in [5.74, 6) is 1.72. The maximum absolute atomic E-state index is 12.8. The number of methoxy groups -OCH3 is 1. The average Bonchev–Trinajstić information content (AvgIpc) is 3.22. The van der Waals surface area contributed by atoms with Gasteiger partial charge in [-0.1, -0.05) is 42.1 Å². The number of carbonyl (C=O) groups excluding carboxylic acids is 1. The fourth-order valence-electron chi connectivity index (χ4n) is 3.54. The number of carbonyl (C=O) groups is 1. The maximum Gasteiger partial charge on any atom is 0.232 e. The zero-order chi connectivity index (χ0) is 20.1. The van der Waals surface area contributed by atoms with Crippen LogP contribution in [0, 0.1) is 0 Å². The van der Waals surface area contributed by atoms with Gasteiger partial charge in [0, 0.05) is 13.1 Å². The predicted octanol–water partition coefficient (Wildman–Crippen LogP) is 4.24. The summed E-state index contributed by atoms with van der Waals surface area (Å²) in [5, 5.41) is 9.63. The van der Waals surface area contributed by atoms with Gasteiger partial charge in [0.15, 0.2) is 10.9 Å². The van der Waals surface area contributed by atoms with Gasteiger partial charge in [-0.2, -0.15) is 0 Å². The van der Waals surface area contributed by atoms with Gasteiger partial charge < -0.3 is 9.64 Å². The second-order valence-electron chi connectivity index (χ2n) is 6.91. The van der Waals surface area contributed by atoms with E-state index in [0.717, 1.165) is 42.7 Å². The third kappa shape index (κ3) is 4.29. The van der Waals surface area contributed by atoms with Crippen molar-refractivity contribution in [3.63, 3.8) is 0 Å². The number of benzene rings is 2. The molecule has 0 bridgehead atoms. The first-order valence-electron chi connectivity index (χ1n) is 9.82. The van der Waals surface area contributed by atoms with Crippen molar-refractivity contribution in [2.75, 3.05) is 30.9 Å². The molecule has 0 spiro atoms. The van der Waals surface area contributed by atoms with Crippen molar-refractivity contribution in [3.8, 4) is 11.4 Å². The predicted molar refractivity (Wildman–Crippen MR) is 115 cm³/mol. The highest BCUT2D eigenvalue weighted by Gasteiger charge is 2.22. The van der Waals surface area contributed by atoms with Crippen LogP contribution in [-0.4, -0.2) is 46.5 Å². The van der Waals surface area contributed by atoms with Crippen LogP contribution in [0.3, 0.4) is 0 Å². The monoisotopic (exact) mass is 408 g/mol. The van der Waals surface area contributed by atoms with E-state index in [-0.39, 0.29) is 11.5 Å². The first kappa shape index (κ1) is 19.5. The van der Waals surface area contributed by atoms with Crippen LogP contribution in [-0.2, 0) is 0 Å². The number of hydrogen-bond donors (Lipinski definition) is 0. The van der Waals surface area contributed by atoms with Crippen LogP contribution in [0.4, 0.5) is 5.95 Å². The van der Waals surface area contributed by atoms with Crippen molar-refractivity contribution in [3.05, 3.63) is 60.2 Å². The molecule has 1 aliphatic heterocycles. The summed E-state index contributed by atoms with van der Waals surface area (Å²) in [6.45, 7) is 1.96. The van der Waals surface area contributed by atoms with Crippen LogP contribution < -0.4 is 9.64 Å². The van der Waals surface area contributed by atoms with Gasteiger partial charge in [0.2, 0.25) is 5.95 Å². The lowest BCUT2D eigenvalue weighted by Gasteiger charge is -2.27. The van der Waals surface area contributed by atoms with Gasteiger partial charge in [0.25, 0.3) is 0 Å². The van der Waals surface area contributed by atoms with Gasteiger partial charge >= 0.3 is 0 Å². The molecule has 0 radical (unpaired) electrons. The molecular weight excluding hydrogens is 384 g/mol. The molecule has 0 atom stereocenters. The smallest absolute Gasteiger partial charge is 0.232 e. The van der Waals surface area contributed by atoms with Crippen molar-refractivity contribution < 1.29 is 9.53 Å². The summed E-state index contributed by atoms with van der Waals surface area (Å²) < 4.78 is 7.39. The molecule has 2 heterocycles. The topological polar surface area (TPSA) is 60.2 Å². The maximum atomic E-state index is 12.8. The van der Waals surface area contributed by atoms with Gasteiger partial charge in [0.05, 0.1) is 24.1 Å². The van der Waals surface area contributed by atoms with E-state index in [1.807, 2.05) is 42.5 Å². The second kappa shape index (κ2) is 9.13. The highest BCUT2D eigenvalue weighted by atomic mass is 32.2. The SMILES string of the molecule is COc1ccccc1C(=O)CSc1nnc(N2CCCCC2)n1-c1ccccc1. The third-order valence-corrected chi connectivity index (χ3v) is 5.94. The van der Waals surface area contributed by atoms with E-state index in [1.165, 1.54) is 18.2 Å². The number of aromatic nitrogens is 3. The van der Waals surface area contributed by atoms with Crippen molar-refractivity contribution in [1.29, 1.82) is 0 Å². The Hall–Kier alpha value is -2.80. The molecule has 4 rings (SSSR count). The first-order chi connectivity index (χ1) is 14.3. The molecule has 6 nitrogen and oxygen atoms in total. The molecule has 1 fully saturated rings. The van der Waals surface area contributed by atoms with E-state index < -0.39 is 0 Å². The van der Waals surface area contributed by atoms with Crippen LogP contribution in [0.15, 0.2) is 59.8 Å². The Bertz CT molecular complexity index is 968. The number of para-hydroxylation sites is 2. The van der Waals surface area contributed by atoms with Gasteiger partial charge in [-0.3, -0.25) is 9.36 Å². The van der Waals surface area contributed by atoms with E-state index in [0.29, 0.717) is 11.3 Å². The van der Waals surface area contributed by atoms with Gasteiger partial charge in [0.1, 0.15) is 5.75 Å². The number of hydrogen-bond acceptors (Lipinski definition) is 6. The molecule has 3 aromatic rings. The Morgan fingerprint density at radius 3 is 2.48 bits per heavy atom. The first-order valence-corrected chi connectivity index (χ1v) is 10.8. The lowest BCUT2D eigenvalue weighted by molar-refractivity contribution is 0.101. The van der Waals surface area contributed by atoms with E-state index in [9.17, 15) is 4.79 Å². The minimum atomic E-state index is 0.00887. The van der Waals surface area contributed by atoms with Crippen LogP contribution in [0.5, 0.6) is 5.75 Å². The molecule has 0 N–H and O–H groups in total. The van der Waals surface area contributed by atoms with Crippen molar-refractivity contribution >= 4 is 23.5 Å². The average molecular weight is 409 g/mol. The van der Waals surface area contributed by atoms with Gasteiger partial charge in [-0.15, -0.1) is 10.2 Å². The summed E-state index contributed by atoms with van der Waals surface area (Å²) >= 11 is 1.41. The molecule has 7 heteroatoms. The van der Waals surface area contributed by atoms with Gasteiger partial charge in [-0.25, -0.2) is 0 Å². The summed E-state index contributed by atoms with van der Waals surface area (Å²) in [5.41, 5.74) is 1.59. The lowest BCUT2D eigenvalue weighted by atomic mass is 10.1. The fourth-order valence-corrected chi connectivity index (χ4v) is 4.37. The third-order valence-electron chi connectivity index (χ3n) is 5.01. The highest BCUT2D eigenvalue weighted by molar-refractivity contribution is 7.99. The van der Waals surface area contributed by atoms with E-state index in [2.05, 4.69) is 19.7 Å². The Balaban J connectivity index is 1.60. The van der Waals surface area contributed by atoms with E-state index in [1.54, 1.807) is 19.2 Å². The Morgan fingerprint density at radius 2 is 1.72 bits per heavy atom. The van der Waals surface area contributed by atoms with Crippen molar-refractivity contribution in [2.24, 2.45) is 0 Å². The number of thioether (sulfide) groups is 1. The van der Waals surface area contributed by atoms with E-state index >= 15 is 0 Å². The summed E-state index contributed by atoms with van der Waals surface area (Å²) in [4.78, 5) is 15.1. The van der Waals surface area contributed by atoms with Crippen molar-refractivity contribution in [1.82, 2.24) is 14.8 Å². The molecule has 150 valence electrons. The van der Waals surface area contributed by atoms with Crippen LogP contribution >= 0.6 is 11.8 Å². The summed E-state index contributed by atoms with van der Waals surface area (Å²) in [7, 11) is 1.58. The molecule has 1 aromatic heterocycles. The molecule has 2 aromatic carbocycles. The number of nitrogens with zero attached hydrogens (tertiary/aromatic N) is 4. The number of rotatable bonds is 7. The zero-order valence-electron chi connectivity index (χ0n) is 16.5. The Kier molecular flexibility index (Phi) is 6.14. The number of anilines is 1. The summed E-state index contributed by atoms with van der Waals surface area (Å²) in [6.07, 6.45) is 3.58. The molecule has 0 amide bonds. The van der Waals surface area contributed by atoms with Crippen LogP contribution in [0.2, 0.25) is 0 Å². The number of Topliss-reactive ketones (excluding diaryl/α,β-unsaturated/α-hetero) is 1. The fraction of sp³-hybridized carbons (Fsp3) is 0.318. The number of ether oxygens (including phenoxy) is 1. The Labute approximate surface area is 174 Å². The van der Waals surface area contributed by atoms with Crippen LogP contribution in [0.1, 0.15) is 29.6 Å². The van der Waals surface area contributed by atoms with Crippen molar-refractivity contribution in [2.45, 2.75) is 24.4 Å². The standard InChI is InChI=1S/C22H24N4O2S/c1-28-20-13-7-6-12-18(20)19(27)16-29-22-24-23-21(25-14-8-3-9-15-25)26(22)17-10-4-2-5-11-17/h2,4-7,10-13H,3,8-9,14-16H2,1H3. The summed E-state index contributed by atoms with van der Waals surface area (Å²) in [6, 6.07) is 17.4. The minimum absolute atomic E-state index is 0.00887. The molecular formula is C22H24N4O2S. The van der Waals surface area contributed by atoms with Crippen LogP contribution in [0.25, 0.3) is 5.69 Å². The number of piperidine rings is 1. The van der Waals surface area contributed by atoms with Gasteiger partial charge in [-0.05, 0) is 43.5 Å². The largest absolute Gasteiger partial charge is 0.496 e. The van der Waals surface area contributed by atoms with E-state index in [4.69, 9.17) is 4.74 Å². The lowest BCUT2D eigenvalue weighted by Crippen LogP contribution is -2.31. The highest BCUT2D eigenvalue weighted by Crippen LogP contribution is 2.29. The molecule has 0 aliphatic carbocycles. The Morgan fingerprint density at radius 1 is 1.00 bits per heavy atom. The molecule has 0 saturated carbocycles. The normalized spacial score (nSPS) is 14.0. The molecule has 1 aliphatic rings. The molecule has 29 heavy (non-hydrogen) atoms. The quantitative estimate of drug-likeness (QED) is 0.430. The molecule has 1 saturated heterocycles. The minimum Gasteiger partial charge on any atom is -0.496 e.